The van der Waals surface area contributed by atoms with Gasteiger partial charge < -0.3 is 14.8 Å². The average molecular weight is 217 g/mol. The molecule has 0 amide bonds. The Labute approximate surface area is 94.5 Å². The molecule has 1 unspecified atom stereocenters. The van der Waals surface area contributed by atoms with E-state index in [0.717, 1.165) is 39.3 Å². The van der Waals surface area contributed by atoms with Gasteiger partial charge in [-0.05, 0) is 24.8 Å². The normalized spacial score (nSPS) is 13.4. The summed E-state index contributed by atoms with van der Waals surface area (Å²) in [5.41, 5.74) is 0. The highest BCUT2D eigenvalue weighted by Gasteiger charge is 2.01. The second-order valence-corrected chi connectivity index (χ2v) is 4.56. The molecule has 92 valence electrons. The molecule has 0 spiro atoms. The summed E-state index contributed by atoms with van der Waals surface area (Å²) in [7, 11) is 1.73. The molecule has 0 rings (SSSR count). The summed E-state index contributed by atoms with van der Waals surface area (Å²) in [6.45, 7) is 11.1. The van der Waals surface area contributed by atoms with E-state index >= 15 is 0 Å². The first-order valence-electron chi connectivity index (χ1n) is 5.94. The van der Waals surface area contributed by atoms with E-state index in [2.05, 4.69) is 26.1 Å². The molecule has 15 heavy (non-hydrogen) atoms. The Bertz CT molecular complexity index is 129. The van der Waals surface area contributed by atoms with Crippen LogP contribution in [0.2, 0.25) is 0 Å². The third kappa shape index (κ3) is 11.8. The predicted molar refractivity (Wildman–Crippen MR) is 64.2 cm³/mol. The minimum Gasteiger partial charge on any atom is -0.383 e. The van der Waals surface area contributed by atoms with Crippen molar-refractivity contribution >= 4 is 0 Å². The molecule has 0 aromatic rings. The van der Waals surface area contributed by atoms with Gasteiger partial charge in [-0.15, -0.1) is 0 Å². The molecule has 0 aromatic heterocycles. The van der Waals surface area contributed by atoms with Crippen LogP contribution in [0.25, 0.3) is 0 Å². The lowest BCUT2D eigenvalue weighted by Crippen LogP contribution is -2.25. The van der Waals surface area contributed by atoms with Gasteiger partial charge in [-0.1, -0.05) is 20.8 Å². The minimum absolute atomic E-state index is 0.639. The fraction of sp³-hybridized carbons (Fsp3) is 1.00. The van der Waals surface area contributed by atoms with Crippen molar-refractivity contribution in [2.75, 3.05) is 40.0 Å². The van der Waals surface area contributed by atoms with Crippen LogP contribution in [0.1, 0.15) is 27.2 Å². The minimum atomic E-state index is 0.639. The van der Waals surface area contributed by atoms with Crippen LogP contribution in [0.3, 0.4) is 0 Å². The molecular formula is C12H27NO2. The molecule has 3 nitrogen and oxygen atoms in total. The molecule has 1 atom stereocenters. The Morgan fingerprint density at radius 3 is 2.47 bits per heavy atom. The molecule has 0 radical (unpaired) electrons. The van der Waals surface area contributed by atoms with Crippen LogP contribution in [0.5, 0.6) is 0 Å². The smallest absolute Gasteiger partial charge is 0.0587 e. The molecular weight excluding hydrogens is 190 g/mol. The summed E-state index contributed by atoms with van der Waals surface area (Å²) in [6, 6.07) is 0. The largest absolute Gasteiger partial charge is 0.383 e. The molecule has 0 bridgehead atoms. The van der Waals surface area contributed by atoms with E-state index in [4.69, 9.17) is 9.47 Å². The zero-order chi connectivity index (χ0) is 11.5. The average Bonchev–Trinajstić information content (AvgIpc) is 2.19. The van der Waals surface area contributed by atoms with Gasteiger partial charge in [-0.2, -0.15) is 0 Å². The Morgan fingerprint density at radius 2 is 1.87 bits per heavy atom. The van der Waals surface area contributed by atoms with Crippen LogP contribution in [0, 0.1) is 11.8 Å². The zero-order valence-corrected chi connectivity index (χ0v) is 10.7. The quantitative estimate of drug-likeness (QED) is 0.567. The van der Waals surface area contributed by atoms with E-state index in [-0.39, 0.29) is 0 Å². The number of nitrogens with one attached hydrogen (secondary N) is 1. The Morgan fingerprint density at radius 1 is 1.13 bits per heavy atom. The van der Waals surface area contributed by atoms with Gasteiger partial charge in [0.1, 0.15) is 0 Å². The third-order valence-corrected chi connectivity index (χ3v) is 2.18. The zero-order valence-electron chi connectivity index (χ0n) is 10.7. The van der Waals surface area contributed by atoms with E-state index in [1.165, 1.54) is 0 Å². The summed E-state index contributed by atoms with van der Waals surface area (Å²) >= 11 is 0. The van der Waals surface area contributed by atoms with Crippen LogP contribution in [0.4, 0.5) is 0 Å². The lowest BCUT2D eigenvalue weighted by molar-refractivity contribution is 0.0990. The van der Waals surface area contributed by atoms with Gasteiger partial charge in [0.15, 0.2) is 0 Å². The maximum Gasteiger partial charge on any atom is 0.0587 e. The van der Waals surface area contributed by atoms with E-state index in [1.807, 2.05) is 0 Å². The van der Waals surface area contributed by atoms with Crippen molar-refractivity contribution < 1.29 is 9.47 Å². The highest BCUT2D eigenvalue weighted by atomic mass is 16.5. The first-order valence-corrected chi connectivity index (χ1v) is 5.94. The fourth-order valence-corrected chi connectivity index (χ4v) is 1.23. The lowest BCUT2D eigenvalue weighted by atomic mass is 10.1. The van der Waals surface area contributed by atoms with E-state index < -0.39 is 0 Å². The van der Waals surface area contributed by atoms with E-state index in [9.17, 15) is 0 Å². The number of ether oxygens (including phenoxy) is 2. The SMILES string of the molecule is COCCNCC(C)CCOCC(C)C. The first kappa shape index (κ1) is 14.9. The fourth-order valence-electron chi connectivity index (χ4n) is 1.23. The van der Waals surface area contributed by atoms with Gasteiger partial charge in [-0.25, -0.2) is 0 Å². The maximum absolute atomic E-state index is 5.54. The number of hydrogen-bond donors (Lipinski definition) is 1. The Kier molecular flexibility index (Phi) is 10.3. The molecule has 0 heterocycles. The molecule has 0 aromatic carbocycles. The van der Waals surface area contributed by atoms with Gasteiger partial charge in [0, 0.05) is 26.9 Å². The van der Waals surface area contributed by atoms with Crippen LogP contribution in [-0.4, -0.2) is 40.0 Å². The van der Waals surface area contributed by atoms with Gasteiger partial charge >= 0.3 is 0 Å². The Balaban J connectivity index is 3.15. The molecule has 0 fully saturated rings. The van der Waals surface area contributed by atoms with Crippen LogP contribution >= 0.6 is 0 Å². The summed E-state index contributed by atoms with van der Waals surface area (Å²) in [4.78, 5) is 0. The van der Waals surface area contributed by atoms with Crippen molar-refractivity contribution in [3.63, 3.8) is 0 Å². The highest BCUT2D eigenvalue weighted by molar-refractivity contribution is 4.56. The summed E-state index contributed by atoms with van der Waals surface area (Å²) in [5.74, 6) is 1.31. The number of rotatable bonds is 10. The van der Waals surface area contributed by atoms with Gasteiger partial charge in [0.05, 0.1) is 6.61 Å². The molecule has 3 heteroatoms. The molecule has 0 aliphatic carbocycles. The van der Waals surface area contributed by atoms with Crippen molar-refractivity contribution in [3.8, 4) is 0 Å². The predicted octanol–water partition coefficient (Wildman–Crippen LogP) is 1.92. The lowest BCUT2D eigenvalue weighted by Gasteiger charge is -2.13. The van der Waals surface area contributed by atoms with Crippen molar-refractivity contribution in [1.82, 2.24) is 5.32 Å². The monoisotopic (exact) mass is 217 g/mol. The maximum atomic E-state index is 5.54. The molecule has 0 saturated carbocycles. The number of hydrogen-bond acceptors (Lipinski definition) is 3. The summed E-state index contributed by atoms with van der Waals surface area (Å²) < 4.78 is 10.5. The van der Waals surface area contributed by atoms with Crippen molar-refractivity contribution in [3.05, 3.63) is 0 Å². The summed E-state index contributed by atoms with van der Waals surface area (Å²) in [6.07, 6.45) is 1.13. The van der Waals surface area contributed by atoms with Crippen molar-refractivity contribution in [2.24, 2.45) is 11.8 Å². The van der Waals surface area contributed by atoms with Gasteiger partial charge in [-0.3, -0.25) is 0 Å². The highest BCUT2D eigenvalue weighted by Crippen LogP contribution is 2.01. The van der Waals surface area contributed by atoms with Crippen molar-refractivity contribution in [2.45, 2.75) is 27.2 Å². The molecule has 1 N–H and O–H groups in total. The number of methoxy groups -OCH3 is 1. The second-order valence-electron chi connectivity index (χ2n) is 4.56. The van der Waals surface area contributed by atoms with Crippen molar-refractivity contribution in [1.29, 1.82) is 0 Å². The second kappa shape index (κ2) is 10.4. The van der Waals surface area contributed by atoms with E-state index in [1.54, 1.807) is 7.11 Å². The standard InChI is InChI=1S/C12H27NO2/c1-11(2)10-15-7-5-12(3)9-13-6-8-14-4/h11-13H,5-10H2,1-4H3. The Hall–Kier alpha value is -0.120. The van der Waals surface area contributed by atoms with Gasteiger partial charge in [0.25, 0.3) is 0 Å². The van der Waals surface area contributed by atoms with Crippen LogP contribution < -0.4 is 5.32 Å². The topological polar surface area (TPSA) is 30.5 Å². The summed E-state index contributed by atoms with van der Waals surface area (Å²) in [5, 5.41) is 3.36. The van der Waals surface area contributed by atoms with Gasteiger partial charge in [0.2, 0.25) is 0 Å². The third-order valence-electron chi connectivity index (χ3n) is 2.18. The van der Waals surface area contributed by atoms with Crippen LogP contribution in [-0.2, 0) is 9.47 Å². The first-order chi connectivity index (χ1) is 7.16. The molecule has 0 saturated heterocycles. The molecule has 0 aliphatic rings. The van der Waals surface area contributed by atoms with Crippen LogP contribution in [0.15, 0.2) is 0 Å². The molecule has 0 aliphatic heterocycles. The van der Waals surface area contributed by atoms with E-state index in [0.29, 0.717) is 11.8 Å².